The van der Waals surface area contributed by atoms with E-state index in [0.29, 0.717) is 11.6 Å². The van der Waals surface area contributed by atoms with E-state index in [-0.39, 0.29) is 5.56 Å². The first kappa shape index (κ1) is 11.3. The molecule has 1 aliphatic rings. The van der Waals surface area contributed by atoms with E-state index in [0.717, 1.165) is 25.5 Å². The summed E-state index contributed by atoms with van der Waals surface area (Å²) in [6, 6.07) is 6.24. The molecule has 0 saturated heterocycles. The molecule has 1 aromatic carbocycles. The first-order valence-corrected chi connectivity index (χ1v) is 5.88. The van der Waals surface area contributed by atoms with Gasteiger partial charge in [0.15, 0.2) is 0 Å². The van der Waals surface area contributed by atoms with Gasteiger partial charge >= 0.3 is 0 Å². The molecule has 1 aromatic heterocycles. The van der Waals surface area contributed by atoms with Crippen LogP contribution in [0, 0.1) is 6.20 Å². The van der Waals surface area contributed by atoms with Gasteiger partial charge in [0.2, 0.25) is 0 Å². The van der Waals surface area contributed by atoms with E-state index < -0.39 is 5.92 Å². The molecule has 2 aromatic rings. The highest BCUT2D eigenvalue weighted by Crippen LogP contribution is 2.40. The number of rotatable bonds is 3. The number of hydrogen-bond acceptors (Lipinski definition) is 2. The van der Waals surface area contributed by atoms with Crippen molar-refractivity contribution in [3.05, 3.63) is 41.7 Å². The molecular weight excluding hydrogens is 236 g/mol. The van der Waals surface area contributed by atoms with Crippen LogP contribution in [-0.2, 0) is 5.92 Å². The van der Waals surface area contributed by atoms with Crippen LogP contribution in [0.3, 0.4) is 0 Å². The zero-order valence-electron chi connectivity index (χ0n) is 9.90. The Bertz CT molecular complexity index is 568. The lowest BCUT2D eigenvalue weighted by molar-refractivity contribution is 0.0174. The van der Waals surface area contributed by atoms with E-state index in [1.54, 1.807) is 16.8 Å². The maximum absolute atomic E-state index is 13.3. The predicted octanol–water partition coefficient (Wildman–Crippen LogP) is 3.06. The Hall–Kier alpha value is -1.78. The molecule has 0 unspecified atom stereocenters. The lowest BCUT2D eigenvalue weighted by Crippen LogP contribution is -2.09. The molecule has 0 atom stereocenters. The minimum Gasteiger partial charge on any atom is -0.217 e. The summed E-state index contributed by atoms with van der Waals surface area (Å²) in [5.74, 6) is -2.43. The Morgan fingerprint density at radius 2 is 2.17 bits per heavy atom. The standard InChI is InChI=1S/C13H12F2N3/c1-13(14,15)10-3-2-4-11(7-10)18-12(8-16-17-18)9-5-6-9/h2-4,7,9H,5-6H2,1H3. The molecule has 0 N–H and O–H groups in total. The largest absolute Gasteiger partial charge is 0.270 e. The quantitative estimate of drug-likeness (QED) is 0.835. The Morgan fingerprint density at radius 3 is 2.83 bits per heavy atom. The second-order valence-corrected chi connectivity index (χ2v) is 4.71. The third-order valence-electron chi connectivity index (χ3n) is 3.09. The fraction of sp³-hybridized carbons (Fsp3) is 0.385. The molecule has 18 heavy (non-hydrogen) atoms. The van der Waals surface area contributed by atoms with Crippen molar-refractivity contribution in [3.8, 4) is 5.69 Å². The van der Waals surface area contributed by atoms with E-state index in [1.165, 1.54) is 12.1 Å². The van der Waals surface area contributed by atoms with Gasteiger partial charge in [-0.2, -0.15) is 0 Å². The van der Waals surface area contributed by atoms with Gasteiger partial charge in [-0.25, -0.2) is 13.5 Å². The smallest absolute Gasteiger partial charge is 0.217 e. The normalized spacial score (nSPS) is 15.9. The topological polar surface area (TPSA) is 30.7 Å². The average Bonchev–Trinajstić information content (AvgIpc) is 3.06. The van der Waals surface area contributed by atoms with Crippen LogP contribution in [0.25, 0.3) is 5.69 Å². The number of benzene rings is 1. The van der Waals surface area contributed by atoms with Gasteiger partial charge in [0.1, 0.15) is 6.20 Å². The molecule has 93 valence electrons. The second-order valence-electron chi connectivity index (χ2n) is 4.71. The second kappa shape index (κ2) is 3.86. The van der Waals surface area contributed by atoms with Gasteiger partial charge in [0.05, 0.1) is 11.4 Å². The fourth-order valence-corrected chi connectivity index (χ4v) is 1.94. The summed E-state index contributed by atoms with van der Waals surface area (Å²) in [4.78, 5) is 0. The van der Waals surface area contributed by atoms with E-state index in [9.17, 15) is 8.78 Å². The van der Waals surface area contributed by atoms with Crippen molar-refractivity contribution in [1.29, 1.82) is 0 Å². The summed E-state index contributed by atoms with van der Waals surface area (Å²) in [6.07, 6.45) is 5.02. The van der Waals surface area contributed by atoms with Crippen molar-refractivity contribution in [3.63, 3.8) is 0 Å². The zero-order chi connectivity index (χ0) is 12.8. The summed E-state index contributed by atoms with van der Waals surface area (Å²) >= 11 is 0. The van der Waals surface area contributed by atoms with Crippen molar-refractivity contribution >= 4 is 0 Å². The zero-order valence-corrected chi connectivity index (χ0v) is 9.90. The molecule has 3 rings (SSSR count). The molecule has 1 heterocycles. The van der Waals surface area contributed by atoms with E-state index in [4.69, 9.17) is 0 Å². The maximum atomic E-state index is 13.3. The predicted molar refractivity (Wildman–Crippen MR) is 61.7 cm³/mol. The van der Waals surface area contributed by atoms with Crippen LogP contribution < -0.4 is 0 Å². The summed E-state index contributed by atoms with van der Waals surface area (Å²) in [5, 5.41) is 7.69. The van der Waals surface area contributed by atoms with Crippen molar-refractivity contribution < 1.29 is 8.78 Å². The average molecular weight is 248 g/mol. The summed E-state index contributed by atoms with van der Waals surface area (Å²) in [6.45, 7) is 0.890. The van der Waals surface area contributed by atoms with Crippen LogP contribution in [-0.4, -0.2) is 15.0 Å². The Kier molecular flexibility index (Phi) is 2.43. The lowest BCUT2D eigenvalue weighted by atomic mass is 10.1. The molecule has 1 radical (unpaired) electrons. The molecule has 1 aliphatic carbocycles. The van der Waals surface area contributed by atoms with Gasteiger partial charge in [-0.1, -0.05) is 17.3 Å². The van der Waals surface area contributed by atoms with Crippen LogP contribution in [0.1, 0.15) is 36.9 Å². The molecule has 0 spiro atoms. The van der Waals surface area contributed by atoms with Crippen molar-refractivity contribution in [2.45, 2.75) is 31.6 Å². The molecule has 3 nitrogen and oxygen atoms in total. The van der Waals surface area contributed by atoms with E-state index in [2.05, 4.69) is 16.5 Å². The number of aromatic nitrogens is 3. The van der Waals surface area contributed by atoms with Crippen LogP contribution in [0.4, 0.5) is 8.78 Å². The van der Waals surface area contributed by atoms with Gasteiger partial charge in [0.25, 0.3) is 5.92 Å². The van der Waals surface area contributed by atoms with Crippen LogP contribution in [0.2, 0.25) is 0 Å². The Labute approximate surface area is 103 Å². The summed E-state index contributed by atoms with van der Waals surface area (Å²) in [5.41, 5.74) is 1.48. The van der Waals surface area contributed by atoms with Crippen molar-refractivity contribution in [2.75, 3.05) is 0 Å². The van der Waals surface area contributed by atoms with Gasteiger partial charge in [-0.05, 0) is 25.0 Å². The number of halogens is 2. The molecule has 0 aliphatic heterocycles. The molecule has 5 heteroatoms. The van der Waals surface area contributed by atoms with E-state index >= 15 is 0 Å². The Balaban J connectivity index is 2.03. The summed E-state index contributed by atoms with van der Waals surface area (Å²) in [7, 11) is 0. The van der Waals surface area contributed by atoms with Gasteiger partial charge in [0, 0.05) is 18.4 Å². The first-order chi connectivity index (χ1) is 8.55. The third-order valence-corrected chi connectivity index (χ3v) is 3.09. The number of hydrogen-bond donors (Lipinski definition) is 0. The highest BCUT2D eigenvalue weighted by molar-refractivity contribution is 5.38. The monoisotopic (exact) mass is 248 g/mol. The minimum atomic E-state index is -2.85. The van der Waals surface area contributed by atoms with Gasteiger partial charge in [-0.3, -0.25) is 0 Å². The van der Waals surface area contributed by atoms with E-state index in [1.807, 2.05) is 0 Å². The molecule has 0 amide bonds. The van der Waals surface area contributed by atoms with Crippen molar-refractivity contribution in [2.24, 2.45) is 0 Å². The minimum absolute atomic E-state index is 0.0164. The molecule has 0 bridgehead atoms. The third kappa shape index (κ3) is 2.00. The van der Waals surface area contributed by atoms with Gasteiger partial charge in [-0.15, -0.1) is 5.10 Å². The number of nitrogens with zero attached hydrogens (tertiary/aromatic N) is 3. The SMILES string of the molecule is CC(F)(F)c1cccc(-n2nn[c]c2C2CC2)c1. The van der Waals surface area contributed by atoms with Crippen molar-refractivity contribution in [1.82, 2.24) is 15.0 Å². The number of alkyl halides is 2. The lowest BCUT2D eigenvalue weighted by Gasteiger charge is -2.12. The Morgan fingerprint density at radius 1 is 1.39 bits per heavy atom. The molecule has 1 saturated carbocycles. The van der Waals surface area contributed by atoms with Crippen LogP contribution in [0.15, 0.2) is 24.3 Å². The highest BCUT2D eigenvalue weighted by atomic mass is 19.3. The fourth-order valence-electron chi connectivity index (χ4n) is 1.94. The maximum Gasteiger partial charge on any atom is 0.270 e. The molecular formula is C13H12F2N3. The molecule has 1 fully saturated rings. The first-order valence-electron chi connectivity index (χ1n) is 5.88. The highest BCUT2D eigenvalue weighted by Gasteiger charge is 2.29. The van der Waals surface area contributed by atoms with Gasteiger partial charge < -0.3 is 0 Å². The van der Waals surface area contributed by atoms with Crippen LogP contribution >= 0.6 is 0 Å². The van der Waals surface area contributed by atoms with Crippen LogP contribution in [0.5, 0.6) is 0 Å². The summed E-state index contributed by atoms with van der Waals surface area (Å²) < 4.78 is 28.2.